The molecule has 0 aromatic rings. The van der Waals surface area contributed by atoms with Crippen molar-refractivity contribution < 1.29 is 19.4 Å². The smallest absolute Gasteiger partial charge is 0.309 e. The number of methoxy groups -OCH3 is 1. The number of carbonyl (C=O) groups is 2. The lowest BCUT2D eigenvalue weighted by Crippen LogP contribution is -2.31. The minimum Gasteiger partial charge on any atom is -0.469 e. The van der Waals surface area contributed by atoms with Crippen LogP contribution in [0.25, 0.3) is 0 Å². The quantitative estimate of drug-likeness (QED) is 0.241. The van der Waals surface area contributed by atoms with E-state index in [9.17, 15) is 14.7 Å². The lowest BCUT2D eigenvalue weighted by Gasteiger charge is -2.21. The van der Waals surface area contributed by atoms with Gasteiger partial charge in [0.1, 0.15) is 11.3 Å². The maximum Gasteiger partial charge on any atom is 0.309 e. The van der Waals surface area contributed by atoms with Gasteiger partial charge in [-0.15, -0.1) is 11.8 Å². The molecule has 2 N–H and O–H groups in total. The molecule has 1 unspecified atom stereocenters. The van der Waals surface area contributed by atoms with Gasteiger partial charge in [-0.25, -0.2) is 0 Å². The summed E-state index contributed by atoms with van der Waals surface area (Å²) < 4.78 is 4.53. The van der Waals surface area contributed by atoms with Gasteiger partial charge in [-0.05, 0) is 44.3 Å². The SMILES string of the molecule is CN=C(/C=C\CC(=O)OC)NC(=O)CSC(O)C1=C(C)CCCC1. The number of nitrogens with one attached hydrogen (secondary N) is 1. The van der Waals surface area contributed by atoms with Gasteiger partial charge >= 0.3 is 5.97 Å². The molecule has 134 valence electrons. The van der Waals surface area contributed by atoms with Crippen molar-refractivity contribution in [2.45, 2.75) is 44.5 Å². The summed E-state index contributed by atoms with van der Waals surface area (Å²) in [7, 11) is 2.87. The van der Waals surface area contributed by atoms with Crippen molar-refractivity contribution in [3.8, 4) is 0 Å². The summed E-state index contributed by atoms with van der Waals surface area (Å²) in [5.41, 5.74) is 1.66. The van der Waals surface area contributed by atoms with Gasteiger partial charge in [0.15, 0.2) is 0 Å². The summed E-state index contributed by atoms with van der Waals surface area (Å²) in [4.78, 5) is 26.9. The van der Waals surface area contributed by atoms with Crippen LogP contribution < -0.4 is 5.32 Å². The van der Waals surface area contributed by atoms with Crippen LogP contribution in [0.1, 0.15) is 39.0 Å². The molecule has 0 saturated carbocycles. The Bertz CT molecular complexity index is 541. The highest BCUT2D eigenvalue weighted by Gasteiger charge is 2.18. The fourth-order valence-corrected chi connectivity index (χ4v) is 3.27. The normalized spacial score (nSPS) is 17.1. The monoisotopic (exact) mass is 354 g/mol. The second-order valence-electron chi connectivity index (χ2n) is 5.52. The number of carbonyl (C=O) groups excluding carboxylic acids is 2. The van der Waals surface area contributed by atoms with Crippen LogP contribution in [0.2, 0.25) is 0 Å². The van der Waals surface area contributed by atoms with E-state index in [1.165, 1.54) is 30.9 Å². The highest BCUT2D eigenvalue weighted by atomic mass is 32.2. The predicted molar refractivity (Wildman–Crippen MR) is 96.9 cm³/mol. The molecular formula is C17H26N2O4S. The highest BCUT2D eigenvalue weighted by Crippen LogP contribution is 2.30. The molecule has 0 heterocycles. The van der Waals surface area contributed by atoms with E-state index in [2.05, 4.69) is 15.0 Å². The molecule has 0 aromatic heterocycles. The average Bonchev–Trinajstić information content (AvgIpc) is 2.58. The fraction of sp³-hybridized carbons (Fsp3) is 0.588. The summed E-state index contributed by atoms with van der Waals surface area (Å²) >= 11 is 1.21. The first kappa shape index (κ1) is 20.4. The molecule has 0 spiro atoms. The van der Waals surface area contributed by atoms with Gasteiger partial charge in [0.25, 0.3) is 0 Å². The maximum absolute atomic E-state index is 12.0. The third kappa shape index (κ3) is 7.31. The minimum absolute atomic E-state index is 0.117. The van der Waals surface area contributed by atoms with E-state index in [-0.39, 0.29) is 24.1 Å². The van der Waals surface area contributed by atoms with Crippen molar-refractivity contribution in [3.05, 3.63) is 23.3 Å². The summed E-state index contributed by atoms with van der Waals surface area (Å²) in [6.07, 6.45) is 7.44. The Kier molecular flexibility index (Phi) is 9.41. The standard InChI is InChI=1S/C17H26N2O4S/c1-12-7-4-5-8-13(12)17(22)24-11-15(20)19-14(18-2)9-6-10-16(21)23-3/h6,9,17,22H,4-5,7-8,10-11H2,1-3H3,(H,18,19,20)/b9-6-. The van der Waals surface area contributed by atoms with Crippen molar-refractivity contribution in [1.82, 2.24) is 5.32 Å². The first-order valence-corrected chi connectivity index (χ1v) is 9.01. The molecule has 0 saturated heterocycles. The highest BCUT2D eigenvalue weighted by molar-refractivity contribution is 8.00. The van der Waals surface area contributed by atoms with E-state index in [0.717, 1.165) is 24.8 Å². The topological polar surface area (TPSA) is 88.0 Å². The molecule has 7 heteroatoms. The average molecular weight is 354 g/mol. The number of hydrogen-bond donors (Lipinski definition) is 2. The lowest BCUT2D eigenvalue weighted by atomic mass is 9.93. The van der Waals surface area contributed by atoms with Crippen LogP contribution in [0.5, 0.6) is 0 Å². The number of nitrogens with zero attached hydrogens (tertiary/aromatic N) is 1. The van der Waals surface area contributed by atoms with Gasteiger partial charge < -0.3 is 15.2 Å². The second-order valence-corrected chi connectivity index (χ2v) is 6.58. The van der Waals surface area contributed by atoms with Crippen molar-refractivity contribution in [2.75, 3.05) is 19.9 Å². The van der Waals surface area contributed by atoms with Crippen molar-refractivity contribution >= 4 is 29.5 Å². The molecule has 0 fully saturated rings. The molecule has 1 amide bonds. The molecule has 1 aliphatic rings. The zero-order valence-electron chi connectivity index (χ0n) is 14.5. The van der Waals surface area contributed by atoms with E-state index >= 15 is 0 Å². The zero-order chi connectivity index (χ0) is 17.9. The van der Waals surface area contributed by atoms with Crippen LogP contribution in [-0.2, 0) is 14.3 Å². The number of aliphatic hydroxyl groups is 1. The summed E-state index contributed by atoms with van der Waals surface area (Å²) in [5.74, 6) is -0.0896. The Morgan fingerprint density at radius 2 is 2.12 bits per heavy atom. The van der Waals surface area contributed by atoms with E-state index in [0.29, 0.717) is 5.84 Å². The number of aliphatic hydroxyl groups excluding tert-OH is 1. The van der Waals surface area contributed by atoms with Crippen LogP contribution in [0.4, 0.5) is 0 Å². The minimum atomic E-state index is -0.632. The van der Waals surface area contributed by atoms with Crippen molar-refractivity contribution in [3.63, 3.8) is 0 Å². The number of aliphatic imine (C=N–C) groups is 1. The fourth-order valence-electron chi connectivity index (χ4n) is 2.37. The molecule has 24 heavy (non-hydrogen) atoms. The molecule has 6 nitrogen and oxygen atoms in total. The van der Waals surface area contributed by atoms with Crippen LogP contribution in [0.15, 0.2) is 28.3 Å². The molecule has 0 aliphatic heterocycles. The Morgan fingerprint density at radius 1 is 1.42 bits per heavy atom. The van der Waals surface area contributed by atoms with Gasteiger partial charge in [-0.2, -0.15) is 0 Å². The number of amidine groups is 1. The maximum atomic E-state index is 12.0. The third-order valence-electron chi connectivity index (χ3n) is 3.76. The molecule has 0 aromatic carbocycles. The van der Waals surface area contributed by atoms with Gasteiger partial charge in [0.2, 0.25) is 5.91 Å². The first-order valence-electron chi connectivity index (χ1n) is 7.96. The lowest BCUT2D eigenvalue weighted by molar-refractivity contribution is -0.139. The number of hydrogen-bond acceptors (Lipinski definition) is 6. The number of ether oxygens (including phenoxy) is 1. The Labute approximate surface area is 147 Å². The first-order chi connectivity index (χ1) is 11.5. The van der Waals surface area contributed by atoms with Gasteiger partial charge in [0.05, 0.1) is 19.3 Å². The van der Waals surface area contributed by atoms with Crippen molar-refractivity contribution in [1.29, 1.82) is 0 Å². The molecule has 0 bridgehead atoms. The largest absolute Gasteiger partial charge is 0.469 e. The van der Waals surface area contributed by atoms with E-state index in [1.807, 2.05) is 6.92 Å². The number of rotatable bonds is 7. The molecule has 1 atom stereocenters. The number of thioether (sulfide) groups is 1. The molecular weight excluding hydrogens is 328 g/mol. The van der Waals surface area contributed by atoms with E-state index < -0.39 is 5.44 Å². The molecule has 1 rings (SSSR count). The number of amides is 1. The Hall–Kier alpha value is -1.60. The van der Waals surface area contributed by atoms with Crippen LogP contribution >= 0.6 is 11.8 Å². The predicted octanol–water partition coefficient (Wildman–Crippen LogP) is 2.19. The van der Waals surface area contributed by atoms with Gasteiger partial charge in [-0.3, -0.25) is 14.6 Å². The second kappa shape index (κ2) is 11.0. The van der Waals surface area contributed by atoms with Crippen LogP contribution in [-0.4, -0.2) is 48.2 Å². The van der Waals surface area contributed by atoms with Gasteiger partial charge in [0, 0.05) is 7.05 Å². The van der Waals surface area contributed by atoms with E-state index in [1.54, 1.807) is 19.2 Å². The Morgan fingerprint density at radius 3 is 2.75 bits per heavy atom. The number of allylic oxidation sites excluding steroid dienone is 1. The summed E-state index contributed by atoms with van der Waals surface area (Å²) in [6.45, 7) is 2.05. The molecule has 0 radical (unpaired) electrons. The third-order valence-corrected chi connectivity index (χ3v) is 4.79. The summed E-state index contributed by atoms with van der Waals surface area (Å²) in [5, 5.41) is 12.9. The van der Waals surface area contributed by atoms with Crippen LogP contribution in [0.3, 0.4) is 0 Å². The molecule has 1 aliphatic carbocycles. The zero-order valence-corrected chi connectivity index (χ0v) is 15.3. The Balaban J connectivity index is 2.43. The van der Waals surface area contributed by atoms with Gasteiger partial charge in [-0.1, -0.05) is 11.6 Å². The van der Waals surface area contributed by atoms with Crippen molar-refractivity contribution in [2.24, 2.45) is 4.99 Å². The van der Waals surface area contributed by atoms with Crippen LogP contribution in [0, 0.1) is 0 Å². The number of esters is 1. The van der Waals surface area contributed by atoms with E-state index in [4.69, 9.17) is 0 Å². The summed E-state index contributed by atoms with van der Waals surface area (Å²) in [6, 6.07) is 0.